The number of hydrogen-bond acceptors (Lipinski definition) is 10. The number of guanidine groups is 2. The van der Waals surface area contributed by atoms with Gasteiger partial charge in [0.25, 0.3) is 0 Å². The van der Waals surface area contributed by atoms with Crippen LogP contribution in [0.1, 0.15) is 0 Å². The maximum Gasteiger partial charge on any atom is 0.226 e. The number of methoxy groups -OCH3 is 6. The topological polar surface area (TPSA) is 102 Å². The third-order valence-corrected chi connectivity index (χ3v) is 3.42. The van der Waals surface area contributed by atoms with Crippen LogP contribution in [0.25, 0.3) is 0 Å². The minimum Gasteiger partial charge on any atom is -0.369 e. The molecule has 1 unspecified atom stereocenters. The summed E-state index contributed by atoms with van der Waals surface area (Å²) in [6.45, 7) is 1.58. The van der Waals surface area contributed by atoms with Crippen molar-refractivity contribution in [1.82, 2.24) is 20.0 Å². The van der Waals surface area contributed by atoms with E-state index in [2.05, 4.69) is 15.3 Å². The van der Waals surface area contributed by atoms with Crippen molar-refractivity contribution in [2.75, 3.05) is 83.0 Å². The first-order valence-corrected chi connectivity index (χ1v) is 8.25. The smallest absolute Gasteiger partial charge is 0.226 e. The first-order chi connectivity index (χ1) is 13.2. The molecule has 0 saturated heterocycles. The fourth-order valence-corrected chi connectivity index (χ4v) is 2.48. The van der Waals surface area contributed by atoms with Crippen LogP contribution in [0.3, 0.4) is 0 Å². The van der Waals surface area contributed by atoms with Gasteiger partial charge in [-0.25, -0.2) is 9.89 Å². The predicted molar refractivity (Wildman–Crippen MR) is 98.6 cm³/mol. The van der Waals surface area contributed by atoms with Crippen LogP contribution in [0.15, 0.2) is 9.98 Å². The fraction of sp³-hybridized carbons (Fsp3) is 0.867. The maximum absolute atomic E-state index is 5.40. The minimum atomic E-state index is -0.399. The Balaban J connectivity index is 3.30. The van der Waals surface area contributed by atoms with Crippen LogP contribution in [0.2, 0.25) is 0 Å². The molecule has 1 heterocycles. The van der Waals surface area contributed by atoms with Gasteiger partial charge in [-0.1, -0.05) is 0 Å². The molecule has 0 aromatic heterocycles. The first-order valence-electron chi connectivity index (χ1n) is 8.25. The Morgan fingerprint density at radius 1 is 0.889 bits per heavy atom. The predicted octanol–water partition coefficient (Wildman–Crippen LogP) is -0.885. The van der Waals surface area contributed by atoms with Crippen molar-refractivity contribution in [3.8, 4) is 0 Å². The highest BCUT2D eigenvalue weighted by atomic mass is 16.5. The molecule has 0 saturated carbocycles. The normalized spacial score (nSPS) is 18.8. The standard InChI is InChI=1S/C15H32N6O6/c1-22-7-16-13-17-14(19(8-23-2)9-24-3)21(12-27-6)15(18-13)20(10-25-4)11-26-5/h14H,7-12H2,1-6H3,(H,16,17). The molecule has 158 valence electrons. The lowest BCUT2D eigenvalue weighted by atomic mass is 10.5. The number of hydrogen-bond donors (Lipinski definition) is 1. The van der Waals surface area contributed by atoms with Crippen LogP contribution in [0, 0.1) is 0 Å². The van der Waals surface area contributed by atoms with Crippen molar-refractivity contribution in [2.24, 2.45) is 9.98 Å². The van der Waals surface area contributed by atoms with E-state index >= 15 is 0 Å². The van der Waals surface area contributed by atoms with E-state index in [0.717, 1.165) is 0 Å². The molecule has 1 aliphatic rings. The van der Waals surface area contributed by atoms with Gasteiger partial charge in [-0.3, -0.25) is 9.80 Å². The number of nitrogens with zero attached hydrogens (tertiary/aromatic N) is 5. The molecule has 0 aliphatic carbocycles. The van der Waals surface area contributed by atoms with Crippen LogP contribution in [0.4, 0.5) is 0 Å². The van der Waals surface area contributed by atoms with Gasteiger partial charge in [0.1, 0.15) is 40.4 Å². The summed E-state index contributed by atoms with van der Waals surface area (Å²) in [5.74, 6) is 0.968. The zero-order valence-corrected chi connectivity index (χ0v) is 17.0. The summed E-state index contributed by atoms with van der Waals surface area (Å²) in [4.78, 5) is 14.5. The average Bonchev–Trinajstić information content (AvgIpc) is 2.67. The molecule has 0 radical (unpaired) electrons. The SMILES string of the molecule is COCN=C1N=C(N(COC)COC)N(COC)C(N(COC)COC)N1. The highest BCUT2D eigenvalue weighted by Gasteiger charge is 2.35. The average molecular weight is 392 g/mol. The van der Waals surface area contributed by atoms with Crippen molar-refractivity contribution in [1.29, 1.82) is 0 Å². The van der Waals surface area contributed by atoms with Gasteiger partial charge in [0, 0.05) is 42.7 Å². The molecule has 0 amide bonds. The summed E-state index contributed by atoms with van der Waals surface area (Å²) in [5.41, 5.74) is 0. The van der Waals surface area contributed by atoms with Gasteiger partial charge < -0.3 is 33.7 Å². The Bertz CT molecular complexity index is 454. The monoisotopic (exact) mass is 392 g/mol. The van der Waals surface area contributed by atoms with E-state index < -0.39 is 6.29 Å². The van der Waals surface area contributed by atoms with Gasteiger partial charge in [-0.15, -0.1) is 0 Å². The summed E-state index contributed by atoms with van der Waals surface area (Å²) in [5, 5.41) is 3.25. The molecule has 27 heavy (non-hydrogen) atoms. The largest absolute Gasteiger partial charge is 0.369 e. The molecule has 1 N–H and O–H groups in total. The van der Waals surface area contributed by atoms with Crippen molar-refractivity contribution in [3.05, 3.63) is 0 Å². The van der Waals surface area contributed by atoms with E-state index in [9.17, 15) is 0 Å². The lowest BCUT2D eigenvalue weighted by Gasteiger charge is -2.44. The first kappa shape index (κ1) is 23.5. The maximum atomic E-state index is 5.40. The van der Waals surface area contributed by atoms with Gasteiger partial charge in [-0.05, 0) is 0 Å². The number of rotatable bonds is 13. The summed E-state index contributed by atoms with van der Waals surface area (Å²) in [6.07, 6.45) is -0.399. The molecule has 0 spiro atoms. The second kappa shape index (κ2) is 13.6. The van der Waals surface area contributed by atoms with Crippen LogP contribution in [-0.4, -0.2) is 116 Å². The van der Waals surface area contributed by atoms with Gasteiger partial charge in [0.05, 0.1) is 0 Å². The van der Waals surface area contributed by atoms with Gasteiger partial charge in [0.2, 0.25) is 11.9 Å². The van der Waals surface area contributed by atoms with Crippen LogP contribution < -0.4 is 5.32 Å². The molecule has 12 nitrogen and oxygen atoms in total. The van der Waals surface area contributed by atoms with E-state index in [0.29, 0.717) is 25.4 Å². The highest BCUT2D eigenvalue weighted by Crippen LogP contribution is 2.14. The van der Waals surface area contributed by atoms with E-state index in [1.54, 1.807) is 42.7 Å². The van der Waals surface area contributed by atoms with Crippen LogP contribution >= 0.6 is 0 Å². The van der Waals surface area contributed by atoms with Crippen LogP contribution in [-0.2, 0) is 28.4 Å². The van der Waals surface area contributed by atoms with Crippen molar-refractivity contribution in [2.45, 2.75) is 6.29 Å². The highest BCUT2D eigenvalue weighted by molar-refractivity contribution is 5.97. The second-order valence-electron chi connectivity index (χ2n) is 5.52. The van der Waals surface area contributed by atoms with E-state index in [4.69, 9.17) is 28.4 Å². The Labute approximate surface area is 160 Å². The van der Waals surface area contributed by atoms with E-state index in [1.807, 2.05) is 14.7 Å². The quantitative estimate of drug-likeness (QED) is 0.397. The molecule has 1 aliphatic heterocycles. The van der Waals surface area contributed by atoms with Crippen molar-refractivity contribution in [3.63, 3.8) is 0 Å². The molecule has 0 aromatic carbocycles. The number of nitrogens with one attached hydrogen (secondary N) is 1. The number of aliphatic imine (C=N–C) groups is 2. The summed E-state index contributed by atoms with van der Waals surface area (Å²) >= 11 is 0. The third kappa shape index (κ3) is 7.18. The molecule has 0 bridgehead atoms. The Morgan fingerprint density at radius 3 is 1.96 bits per heavy atom. The van der Waals surface area contributed by atoms with Gasteiger partial charge in [-0.2, -0.15) is 4.99 Å². The van der Waals surface area contributed by atoms with Gasteiger partial charge >= 0.3 is 0 Å². The molecular formula is C15H32N6O6. The Hall–Kier alpha value is -1.54. The van der Waals surface area contributed by atoms with Crippen LogP contribution in [0.5, 0.6) is 0 Å². The third-order valence-electron chi connectivity index (χ3n) is 3.42. The second-order valence-corrected chi connectivity index (χ2v) is 5.52. The van der Waals surface area contributed by atoms with Crippen molar-refractivity contribution >= 4 is 11.9 Å². The molecular weight excluding hydrogens is 360 g/mol. The zero-order valence-electron chi connectivity index (χ0n) is 17.0. The van der Waals surface area contributed by atoms with E-state index in [-0.39, 0.29) is 26.9 Å². The Kier molecular flexibility index (Phi) is 11.8. The number of ether oxygens (including phenoxy) is 6. The molecule has 1 rings (SSSR count). The molecule has 1 atom stereocenters. The molecule has 0 fully saturated rings. The molecule has 0 aromatic rings. The molecule has 12 heteroatoms. The fourth-order valence-electron chi connectivity index (χ4n) is 2.48. The summed E-state index contributed by atoms with van der Waals surface area (Å²) < 4.78 is 31.6. The lowest BCUT2D eigenvalue weighted by Crippen LogP contribution is -2.66. The van der Waals surface area contributed by atoms with Gasteiger partial charge in [0.15, 0.2) is 6.29 Å². The summed E-state index contributed by atoms with van der Waals surface area (Å²) in [7, 11) is 9.61. The zero-order chi connectivity index (χ0) is 20.1. The van der Waals surface area contributed by atoms with Crippen molar-refractivity contribution < 1.29 is 28.4 Å². The Morgan fingerprint density at radius 2 is 1.48 bits per heavy atom. The lowest BCUT2D eigenvalue weighted by molar-refractivity contribution is -0.0982. The minimum absolute atomic E-state index is 0.166. The van der Waals surface area contributed by atoms with E-state index in [1.165, 1.54) is 0 Å². The summed E-state index contributed by atoms with van der Waals surface area (Å²) in [6, 6.07) is 0.